The van der Waals surface area contributed by atoms with E-state index in [1.54, 1.807) is 20.8 Å². The molecule has 0 bridgehead atoms. The van der Waals surface area contributed by atoms with E-state index in [0.29, 0.717) is 19.4 Å². The Balaban J connectivity index is 2.46. The predicted molar refractivity (Wildman–Crippen MR) is 125 cm³/mol. The molecule has 0 heterocycles. The maximum Gasteiger partial charge on any atom is 0.408 e. The number of unbranched alkanes of at least 4 members (excludes halogenated alkanes) is 1. The molecule has 0 fully saturated rings. The number of nitrogens with one attached hydrogen (secondary N) is 4. The van der Waals surface area contributed by atoms with Gasteiger partial charge in [-0.3, -0.25) is 14.4 Å². The fraction of sp³-hybridized carbons (Fsp3) is 0.522. The van der Waals surface area contributed by atoms with E-state index in [1.807, 2.05) is 30.3 Å². The summed E-state index contributed by atoms with van der Waals surface area (Å²) in [6.45, 7) is 4.45. The van der Waals surface area contributed by atoms with Crippen LogP contribution in [0.3, 0.4) is 0 Å². The molecule has 1 aromatic carbocycles. The van der Waals surface area contributed by atoms with Crippen LogP contribution < -0.4 is 21.3 Å². The zero-order valence-corrected chi connectivity index (χ0v) is 20.2. The Bertz CT molecular complexity index is 855. The average Bonchev–Trinajstić information content (AvgIpc) is 2.78. The maximum absolute atomic E-state index is 12.5. The van der Waals surface area contributed by atoms with Crippen molar-refractivity contribution in [3.8, 4) is 0 Å². The van der Waals surface area contributed by atoms with Crippen molar-refractivity contribution < 1.29 is 38.6 Å². The van der Waals surface area contributed by atoms with Crippen molar-refractivity contribution in [1.82, 2.24) is 21.3 Å². The van der Waals surface area contributed by atoms with Crippen LogP contribution in [0, 0.1) is 0 Å². The van der Waals surface area contributed by atoms with Crippen LogP contribution in [-0.4, -0.2) is 66.4 Å². The van der Waals surface area contributed by atoms with Crippen molar-refractivity contribution in [2.75, 3.05) is 19.6 Å². The topological polar surface area (TPSA) is 172 Å². The van der Waals surface area contributed by atoms with Gasteiger partial charge in [0, 0.05) is 6.54 Å². The van der Waals surface area contributed by atoms with E-state index in [1.165, 1.54) is 0 Å². The monoisotopic (exact) mass is 494 g/mol. The van der Waals surface area contributed by atoms with E-state index in [0.717, 1.165) is 5.56 Å². The standard InChI is InChI=1S/C23H34N4O8/c1-23(2,3)35-22(33)27-17(20(31)26-13-18(28)25-14-19(29)30)11-7-8-12-24-21(32)34-15-16-9-5-4-6-10-16/h4-6,9-10,17H,7-8,11-15H2,1-3H3,(H,24,32)(H,25,28)(H,26,31)(H,27,33)(H,29,30)/t17-/m1/s1. The van der Waals surface area contributed by atoms with Gasteiger partial charge in [-0.25, -0.2) is 9.59 Å². The fourth-order valence-corrected chi connectivity index (χ4v) is 2.68. The van der Waals surface area contributed by atoms with E-state index < -0.39 is 54.7 Å². The van der Waals surface area contributed by atoms with Gasteiger partial charge in [-0.15, -0.1) is 0 Å². The van der Waals surface area contributed by atoms with Gasteiger partial charge in [-0.1, -0.05) is 30.3 Å². The number of carboxylic acids is 1. The van der Waals surface area contributed by atoms with Crippen molar-refractivity contribution in [2.24, 2.45) is 0 Å². The van der Waals surface area contributed by atoms with Gasteiger partial charge < -0.3 is 35.8 Å². The number of carbonyl (C=O) groups is 5. The van der Waals surface area contributed by atoms with Crippen molar-refractivity contribution in [1.29, 1.82) is 0 Å². The minimum atomic E-state index is -1.22. The van der Waals surface area contributed by atoms with Crippen molar-refractivity contribution in [3.05, 3.63) is 35.9 Å². The molecule has 12 nitrogen and oxygen atoms in total. The zero-order chi connectivity index (χ0) is 26.3. The van der Waals surface area contributed by atoms with E-state index in [4.69, 9.17) is 14.6 Å². The number of benzene rings is 1. The minimum Gasteiger partial charge on any atom is -0.480 e. The first-order valence-corrected chi connectivity index (χ1v) is 11.2. The number of rotatable bonds is 13. The fourth-order valence-electron chi connectivity index (χ4n) is 2.68. The summed E-state index contributed by atoms with van der Waals surface area (Å²) in [5.74, 6) is -2.53. The quantitative estimate of drug-likeness (QED) is 0.255. The molecule has 0 spiro atoms. The molecule has 5 N–H and O–H groups in total. The Kier molecular flexibility index (Phi) is 12.6. The summed E-state index contributed by atoms with van der Waals surface area (Å²) < 4.78 is 10.3. The lowest BCUT2D eigenvalue weighted by atomic mass is 10.1. The molecule has 0 saturated heterocycles. The van der Waals surface area contributed by atoms with Crippen LogP contribution in [0.4, 0.5) is 9.59 Å². The lowest BCUT2D eigenvalue weighted by molar-refractivity contribution is -0.137. The highest BCUT2D eigenvalue weighted by Gasteiger charge is 2.24. The molecule has 4 amide bonds. The highest BCUT2D eigenvalue weighted by atomic mass is 16.6. The molecular weight excluding hydrogens is 460 g/mol. The zero-order valence-electron chi connectivity index (χ0n) is 20.2. The van der Waals surface area contributed by atoms with Gasteiger partial charge >= 0.3 is 18.2 Å². The Morgan fingerprint density at radius 3 is 2.23 bits per heavy atom. The third kappa shape index (κ3) is 14.8. The van der Waals surface area contributed by atoms with Gasteiger partial charge in [0.05, 0.1) is 6.54 Å². The molecule has 1 atom stereocenters. The van der Waals surface area contributed by atoms with E-state index in [9.17, 15) is 24.0 Å². The lowest BCUT2D eigenvalue weighted by Crippen LogP contribution is -2.50. The van der Waals surface area contributed by atoms with Gasteiger partial charge in [0.25, 0.3) is 0 Å². The Labute approximate surface area is 204 Å². The summed E-state index contributed by atoms with van der Waals surface area (Å²) >= 11 is 0. The molecule has 0 aromatic heterocycles. The molecule has 0 unspecified atom stereocenters. The summed E-state index contributed by atoms with van der Waals surface area (Å²) in [6.07, 6.45) is -0.196. The van der Waals surface area contributed by atoms with Crippen LogP contribution in [0.2, 0.25) is 0 Å². The Hall–Kier alpha value is -3.83. The molecule has 35 heavy (non-hydrogen) atoms. The van der Waals surface area contributed by atoms with Gasteiger partial charge in [-0.05, 0) is 45.6 Å². The number of hydrogen-bond donors (Lipinski definition) is 5. The second-order valence-corrected chi connectivity index (χ2v) is 8.57. The molecular formula is C23H34N4O8. The van der Waals surface area contributed by atoms with Gasteiger partial charge in [-0.2, -0.15) is 0 Å². The molecule has 194 valence electrons. The smallest absolute Gasteiger partial charge is 0.408 e. The van der Waals surface area contributed by atoms with Crippen LogP contribution in [-0.2, 0) is 30.5 Å². The minimum absolute atomic E-state index is 0.148. The van der Waals surface area contributed by atoms with Crippen LogP contribution in [0.1, 0.15) is 45.6 Å². The molecule has 0 radical (unpaired) electrons. The average molecular weight is 495 g/mol. The first kappa shape index (κ1) is 29.2. The molecule has 1 aromatic rings. The second kappa shape index (κ2) is 15.1. The summed E-state index contributed by atoms with van der Waals surface area (Å²) in [5.41, 5.74) is 0.0904. The van der Waals surface area contributed by atoms with Crippen LogP contribution in [0.15, 0.2) is 30.3 Å². The number of carbonyl (C=O) groups excluding carboxylic acids is 4. The van der Waals surface area contributed by atoms with E-state index in [-0.39, 0.29) is 13.0 Å². The van der Waals surface area contributed by atoms with Crippen LogP contribution >= 0.6 is 0 Å². The Morgan fingerprint density at radius 1 is 0.914 bits per heavy atom. The third-order valence-corrected chi connectivity index (χ3v) is 4.27. The van der Waals surface area contributed by atoms with Crippen molar-refractivity contribution >= 4 is 30.0 Å². The predicted octanol–water partition coefficient (Wildman–Crippen LogP) is 1.29. The number of carboxylic acid groups (broad SMARTS) is 1. The molecule has 0 aliphatic carbocycles. The number of aliphatic carboxylic acids is 1. The number of hydrogen-bond acceptors (Lipinski definition) is 7. The maximum atomic E-state index is 12.5. The van der Waals surface area contributed by atoms with Crippen molar-refractivity contribution in [2.45, 2.75) is 58.3 Å². The first-order valence-electron chi connectivity index (χ1n) is 11.2. The van der Waals surface area contributed by atoms with Gasteiger partial charge in [0.2, 0.25) is 11.8 Å². The molecule has 1 rings (SSSR count). The molecule has 12 heteroatoms. The molecule has 0 saturated carbocycles. The normalized spacial score (nSPS) is 11.5. The highest BCUT2D eigenvalue weighted by molar-refractivity contribution is 5.90. The summed E-state index contributed by atoms with van der Waals surface area (Å²) in [4.78, 5) is 58.6. The van der Waals surface area contributed by atoms with Crippen molar-refractivity contribution in [3.63, 3.8) is 0 Å². The van der Waals surface area contributed by atoms with E-state index in [2.05, 4.69) is 21.3 Å². The summed E-state index contributed by atoms with van der Waals surface area (Å²) in [7, 11) is 0. The number of alkyl carbamates (subject to hydrolysis) is 2. The van der Waals surface area contributed by atoms with E-state index >= 15 is 0 Å². The van der Waals surface area contributed by atoms with Crippen LogP contribution in [0.25, 0.3) is 0 Å². The van der Waals surface area contributed by atoms with Crippen LogP contribution in [0.5, 0.6) is 0 Å². The van der Waals surface area contributed by atoms with Gasteiger partial charge in [0.1, 0.15) is 24.8 Å². The van der Waals surface area contributed by atoms with Gasteiger partial charge in [0.15, 0.2) is 0 Å². The Morgan fingerprint density at radius 2 is 1.60 bits per heavy atom. The molecule has 0 aliphatic heterocycles. The largest absolute Gasteiger partial charge is 0.480 e. The highest BCUT2D eigenvalue weighted by Crippen LogP contribution is 2.08. The number of amides is 4. The summed E-state index contributed by atoms with van der Waals surface area (Å²) in [5, 5.41) is 18.2. The second-order valence-electron chi connectivity index (χ2n) is 8.57. The first-order chi connectivity index (χ1) is 16.5. The third-order valence-electron chi connectivity index (χ3n) is 4.27. The SMILES string of the molecule is CC(C)(C)OC(=O)N[C@H](CCCCNC(=O)OCc1ccccc1)C(=O)NCC(=O)NCC(=O)O. The number of ether oxygens (including phenoxy) is 2. The summed E-state index contributed by atoms with van der Waals surface area (Å²) in [6, 6.07) is 8.23. The molecule has 0 aliphatic rings. The lowest BCUT2D eigenvalue weighted by Gasteiger charge is -2.23.